The first-order valence-electron chi connectivity index (χ1n) is 6.66. The summed E-state index contributed by atoms with van der Waals surface area (Å²) in [5.74, 6) is 0. The number of hydrogen-bond donors (Lipinski definition) is 1. The van der Waals surface area contributed by atoms with Crippen LogP contribution in [0.15, 0.2) is 93.1 Å². The van der Waals surface area contributed by atoms with Crippen molar-refractivity contribution in [3.05, 3.63) is 83.3 Å². The number of nitrogens with one attached hydrogen (secondary N) is 1. The van der Waals surface area contributed by atoms with Crippen LogP contribution in [0, 0.1) is 0 Å². The highest BCUT2D eigenvalue weighted by atomic mass is 79.9. The van der Waals surface area contributed by atoms with Crippen LogP contribution in [0.25, 0.3) is 0 Å². The molecule has 0 saturated heterocycles. The highest BCUT2D eigenvalue weighted by molar-refractivity contribution is 9.10. The van der Waals surface area contributed by atoms with E-state index in [0.29, 0.717) is 0 Å². The molecular weight excluding hydrogens is 342 g/mol. The topological polar surface area (TPSA) is 12.0 Å². The molecule has 3 aromatic carbocycles. The van der Waals surface area contributed by atoms with Crippen LogP contribution in [0.2, 0.25) is 0 Å². The molecule has 0 aliphatic carbocycles. The van der Waals surface area contributed by atoms with E-state index in [1.54, 1.807) is 11.8 Å². The maximum atomic E-state index is 3.58. The first-order chi connectivity index (χ1) is 10.3. The Bertz CT molecular complexity index is 728. The molecule has 1 nitrogen and oxygen atoms in total. The molecule has 0 aliphatic heterocycles. The molecule has 0 radical (unpaired) electrons. The summed E-state index contributed by atoms with van der Waals surface area (Å²) in [5.41, 5.74) is 2.18. The molecule has 0 bridgehead atoms. The smallest absolute Gasteiger partial charge is 0.0528 e. The van der Waals surface area contributed by atoms with Crippen molar-refractivity contribution in [2.45, 2.75) is 9.79 Å². The summed E-state index contributed by atoms with van der Waals surface area (Å²) in [7, 11) is 0. The molecular formula is C18H14BrNS. The van der Waals surface area contributed by atoms with E-state index in [0.717, 1.165) is 15.8 Å². The van der Waals surface area contributed by atoms with Crippen molar-refractivity contribution in [2.75, 3.05) is 5.32 Å². The Labute approximate surface area is 137 Å². The van der Waals surface area contributed by atoms with Crippen molar-refractivity contribution in [3.63, 3.8) is 0 Å². The van der Waals surface area contributed by atoms with Gasteiger partial charge in [-0.2, -0.15) is 0 Å². The first-order valence-corrected chi connectivity index (χ1v) is 8.27. The van der Waals surface area contributed by atoms with E-state index in [4.69, 9.17) is 0 Å². The van der Waals surface area contributed by atoms with Crippen molar-refractivity contribution in [3.8, 4) is 0 Å². The molecule has 1 N–H and O–H groups in total. The fourth-order valence-corrected chi connectivity index (χ4v) is 3.29. The number of para-hydroxylation sites is 2. The van der Waals surface area contributed by atoms with Gasteiger partial charge in [0.25, 0.3) is 0 Å². The van der Waals surface area contributed by atoms with Gasteiger partial charge in [-0.15, -0.1) is 0 Å². The zero-order chi connectivity index (χ0) is 14.5. The van der Waals surface area contributed by atoms with Gasteiger partial charge < -0.3 is 5.32 Å². The van der Waals surface area contributed by atoms with Gasteiger partial charge in [0.1, 0.15) is 0 Å². The Morgan fingerprint density at radius 3 is 2.05 bits per heavy atom. The average Bonchev–Trinajstić information content (AvgIpc) is 2.52. The van der Waals surface area contributed by atoms with E-state index in [-0.39, 0.29) is 0 Å². The molecule has 21 heavy (non-hydrogen) atoms. The second-order valence-corrected chi connectivity index (χ2v) is 6.49. The van der Waals surface area contributed by atoms with Crippen LogP contribution < -0.4 is 5.32 Å². The first kappa shape index (κ1) is 14.2. The molecule has 3 heteroatoms. The SMILES string of the molecule is Brc1ccccc1Nc1ccccc1Sc1ccccc1. The third-order valence-corrected chi connectivity index (χ3v) is 4.78. The molecule has 3 rings (SSSR count). The summed E-state index contributed by atoms with van der Waals surface area (Å²) < 4.78 is 1.06. The third-order valence-electron chi connectivity index (χ3n) is 3.00. The molecule has 0 aromatic heterocycles. The predicted octanol–water partition coefficient (Wildman–Crippen LogP) is 6.34. The van der Waals surface area contributed by atoms with Gasteiger partial charge in [0, 0.05) is 14.3 Å². The van der Waals surface area contributed by atoms with Crippen molar-refractivity contribution in [1.82, 2.24) is 0 Å². The lowest BCUT2D eigenvalue weighted by Gasteiger charge is -2.13. The van der Waals surface area contributed by atoms with E-state index < -0.39 is 0 Å². The van der Waals surface area contributed by atoms with Gasteiger partial charge in [0.15, 0.2) is 0 Å². The Hall–Kier alpha value is -1.71. The van der Waals surface area contributed by atoms with Crippen molar-refractivity contribution >= 4 is 39.1 Å². The number of benzene rings is 3. The number of hydrogen-bond acceptors (Lipinski definition) is 2. The number of halogens is 1. The Balaban J connectivity index is 1.88. The maximum absolute atomic E-state index is 3.58. The normalized spacial score (nSPS) is 10.3. The second kappa shape index (κ2) is 6.83. The van der Waals surface area contributed by atoms with Crippen LogP contribution in [-0.4, -0.2) is 0 Å². The molecule has 0 aliphatic rings. The molecule has 0 heterocycles. The van der Waals surface area contributed by atoms with E-state index >= 15 is 0 Å². The van der Waals surface area contributed by atoms with Gasteiger partial charge >= 0.3 is 0 Å². The zero-order valence-electron chi connectivity index (χ0n) is 11.3. The standard InChI is InChI=1S/C18H14BrNS/c19-15-10-4-5-11-16(15)20-17-12-6-7-13-18(17)21-14-8-2-1-3-9-14/h1-13,20H. The van der Waals surface area contributed by atoms with Crippen LogP contribution in [0.3, 0.4) is 0 Å². The third kappa shape index (κ3) is 3.69. The number of anilines is 2. The monoisotopic (exact) mass is 355 g/mol. The average molecular weight is 356 g/mol. The Kier molecular flexibility index (Phi) is 4.63. The summed E-state index contributed by atoms with van der Waals surface area (Å²) in [6, 6.07) is 26.9. The molecule has 3 aromatic rings. The van der Waals surface area contributed by atoms with Crippen molar-refractivity contribution in [1.29, 1.82) is 0 Å². The van der Waals surface area contributed by atoms with Gasteiger partial charge in [-0.1, -0.05) is 54.2 Å². The minimum atomic E-state index is 1.06. The van der Waals surface area contributed by atoms with Crippen LogP contribution >= 0.6 is 27.7 Å². The zero-order valence-corrected chi connectivity index (χ0v) is 13.7. The lowest BCUT2D eigenvalue weighted by atomic mass is 10.2. The predicted molar refractivity (Wildman–Crippen MR) is 94.4 cm³/mol. The summed E-state index contributed by atoms with van der Waals surface area (Å²) >= 11 is 5.34. The lowest BCUT2D eigenvalue weighted by molar-refractivity contribution is 1.38. The van der Waals surface area contributed by atoms with E-state index in [2.05, 4.69) is 69.8 Å². The van der Waals surface area contributed by atoms with E-state index in [1.165, 1.54) is 9.79 Å². The van der Waals surface area contributed by atoms with Gasteiger partial charge in [-0.3, -0.25) is 0 Å². The highest BCUT2D eigenvalue weighted by Crippen LogP contribution is 2.35. The Morgan fingerprint density at radius 2 is 1.29 bits per heavy atom. The largest absolute Gasteiger partial charge is 0.354 e. The van der Waals surface area contributed by atoms with Gasteiger partial charge in [-0.05, 0) is 52.3 Å². The summed E-state index contributed by atoms with van der Waals surface area (Å²) in [6.07, 6.45) is 0. The van der Waals surface area contributed by atoms with Gasteiger partial charge in [-0.25, -0.2) is 0 Å². The molecule has 0 saturated carbocycles. The molecule has 0 spiro atoms. The molecule has 0 amide bonds. The quantitative estimate of drug-likeness (QED) is 0.585. The highest BCUT2D eigenvalue weighted by Gasteiger charge is 2.05. The molecule has 0 unspecified atom stereocenters. The summed E-state index contributed by atoms with van der Waals surface area (Å²) in [4.78, 5) is 2.44. The second-order valence-electron chi connectivity index (χ2n) is 4.52. The number of rotatable bonds is 4. The van der Waals surface area contributed by atoms with Gasteiger partial charge in [0.2, 0.25) is 0 Å². The van der Waals surface area contributed by atoms with Crippen LogP contribution in [0.1, 0.15) is 0 Å². The summed E-state index contributed by atoms with van der Waals surface area (Å²) in [5, 5.41) is 3.49. The maximum Gasteiger partial charge on any atom is 0.0528 e. The van der Waals surface area contributed by atoms with E-state index in [9.17, 15) is 0 Å². The van der Waals surface area contributed by atoms with Crippen molar-refractivity contribution < 1.29 is 0 Å². The minimum Gasteiger partial charge on any atom is -0.354 e. The van der Waals surface area contributed by atoms with Gasteiger partial charge in [0.05, 0.1) is 11.4 Å². The van der Waals surface area contributed by atoms with Crippen LogP contribution in [0.5, 0.6) is 0 Å². The van der Waals surface area contributed by atoms with Crippen LogP contribution in [0.4, 0.5) is 11.4 Å². The fraction of sp³-hybridized carbons (Fsp3) is 0. The summed E-state index contributed by atoms with van der Waals surface area (Å²) in [6.45, 7) is 0. The Morgan fingerprint density at radius 1 is 0.667 bits per heavy atom. The van der Waals surface area contributed by atoms with Crippen LogP contribution in [-0.2, 0) is 0 Å². The molecule has 0 fully saturated rings. The molecule has 0 atom stereocenters. The molecule has 104 valence electrons. The fourth-order valence-electron chi connectivity index (χ4n) is 1.98. The van der Waals surface area contributed by atoms with E-state index in [1.807, 2.05) is 30.3 Å². The van der Waals surface area contributed by atoms with Crippen molar-refractivity contribution in [2.24, 2.45) is 0 Å². The lowest BCUT2D eigenvalue weighted by Crippen LogP contribution is -1.93. The minimum absolute atomic E-state index is 1.06.